The Balaban J connectivity index is 2.06. The second kappa shape index (κ2) is 6.87. The van der Waals surface area contributed by atoms with Crippen LogP contribution in [0.1, 0.15) is 29.6 Å². The van der Waals surface area contributed by atoms with Crippen LogP contribution in [0.4, 0.5) is 0 Å². The zero-order chi connectivity index (χ0) is 15.5. The third kappa shape index (κ3) is 4.77. The van der Waals surface area contributed by atoms with Gasteiger partial charge in [0.15, 0.2) is 0 Å². The van der Waals surface area contributed by atoms with Gasteiger partial charge in [0.05, 0.1) is 16.6 Å². The zero-order valence-electron chi connectivity index (χ0n) is 11.2. The maximum atomic E-state index is 12.0. The first-order chi connectivity index (χ1) is 9.86. The maximum absolute atomic E-state index is 12.0. The lowest BCUT2D eigenvalue weighted by Crippen LogP contribution is -2.26. The predicted molar refractivity (Wildman–Crippen MR) is 79.4 cm³/mol. The van der Waals surface area contributed by atoms with Gasteiger partial charge in [0.1, 0.15) is 6.61 Å². The number of nitrogens with two attached hydrogens (primary N) is 1. The van der Waals surface area contributed by atoms with Crippen molar-refractivity contribution in [3.8, 4) is 0 Å². The largest absolute Gasteiger partial charge is 0.459 e. The number of hydrogen-bond donors (Lipinski definition) is 1. The SMILES string of the molecule is NS(=O)(=O)c1cc(Br)cc(C(=O)OCC2CCCCO2)c1. The summed E-state index contributed by atoms with van der Waals surface area (Å²) in [6.07, 6.45) is 2.84. The molecule has 1 fully saturated rings. The van der Waals surface area contributed by atoms with Gasteiger partial charge >= 0.3 is 5.97 Å². The van der Waals surface area contributed by atoms with Crippen molar-refractivity contribution in [3.63, 3.8) is 0 Å². The van der Waals surface area contributed by atoms with E-state index < -0.39 is 16.0 Å². The van der Waals surface area contributed by atoms with Crippen LogP contribution in [0, 0.1) is 0 Å². The summed E-state index contributed by atoms with van der Waals surface area (Å²) in [6.45, 7) is 0.838. The minimum atomic E-state index is -3.88. The van der Waals surface area contributed by atoms with Gasteiger partial charge in [0.25, 0.3) is 0 Å². The van der Waals surface area contributed by atoms with Crippen molar-refractivity contribution in [3.05, 3.63) is 28.2 Å². The first kappa shape index (κ1) is 16.4. The fourth-order valence-corrected chi connectivity index (χ4v) is 3.26. The second-order valence-corrected chi connectivity index (χ2v) is 7.28. The van der Waals surface area contributed by atoms with Crippen LogP contribution in [-0.4, -0.2) is 33.7 Å². The first-order valence-electron chi connectivity index (χ1n) is 6.48. The van der Waals surface area contributed by atoms with Gasteiger partial charge < -0.3 is 9.47 Å². The van der Waals surface area contributed by atoms with E-state index in [0.717, 1.165) is 19.3 Å². The van der Waals surface area contributed by atoms with E-state index in [2.05, 4.69) is 15.9 Å². The molecule has 1 aromatic carbocycles. The number of ether oxygens (including phenoxy) is 2. The molecule has 1 saturated heterocycles. The molecule has 116 valence electrons. The molecule has 1 aliphatic heterocycles. The number of carbonyl (C=O) groups is 1. The van der Waals surface area contributed by atoms with Crippen molar-refractivity contribution in [2.75, 3.05) is 13.2 Å². The van der Waals surface area contributed by atoms with Crippen LogP contribution >= 0.6 is 15.9 Å². The highest BCUT2D eigenvalue weighted by Crippen LogP contribution is 2.20. The Morgan fingerprint density at radius 1 is 1.38 bits per heavy atom. The molecular weight excluding hydrogens is 362 g/mol. The summed E-state index contributed by atoms with van der Waals surface area (Å²) in [7, 11) is -3.88. The summed E-state index contributed by atoms with van der Waals surface area (Å²) in [4.78, 5) is 11.8. The molecule has 0 spiro atoms. The van der Waals surface area contributed by atoms with Gasteiger partial charge in [-0.2, -0.15) is 0 Å². The number of primary sulfonamides is 1. The summed E-state index contributed by atoms with van der Waals surface area (Å²) in [5.74, 6) is -0.602. The van der Waals surface area contributed by atoms with Crippen molar-refractivity contribution < 1.29 is 22.7 Å². The van der Waals surface area contributed by atoms with E-state index in [4.69, 9.17) is 14.6 Å². The number of halogens is 1. The third-order valence-corrected chi connectivity index (χ3v) is 4.46. The smallest absolute Gasteiger partial charge is 0.338 e. The average Bonchev–Trinajstić information content (AvgIpc) is 2.44. The van der Waals surface area contributed by atoms with Crippen molar-refractivity contribution in [1.29, 1.82) is 0 Å². The van der Waals surface area contributed by atoms with Crippen LogP contribution < -0.4 is 5.14 Å². The van der Waals surface area contributed by atoms with Crippen LogP contribution in [0.15, 0.2) is 27.6 Å². The van der Waals surface area contributed by atoms with Crippen molar-refractivity contribution >= 4 is 31.9 Å². The minimum Gasteiger partial charge on any atom is -0.459 e. The van der Waals surface area contributed by atoms with Crippen LogP contribution in [0.5, 0.6) is 0 Å². The molecule has 0 bridgehead atoms. The van der Waals surface area contributed by atoms with Gasteiger partial charge in [-0.15, -0.1) is 0 Å². The summed E-state index contributed by atoms with van der Waals surface area (Å²) in [5.41, 5.74) is 0.129. The Morgan fingerprint density at radius 3 is 2.76 bits per heavy atom. The van der Waals surface area contributed by atoms with Gasteiger partial charge in [0, 0.05) is 11.1 Å². The van der Waals surface area contributed by atoms with Crippen molar-refractivity contribution in [2.45, 2.75) is 30.3 Å². The Labute approximate surface area is 131 Å². The zero-order valence-corrected chi connectivity index (χ0v) is 13.7. The van der Waals surface area contributed by atoms with E-state index in [-0.39, 0.29) is 23.2 Å². The lowest BCUT2D eigenvalue weighted by molar-refractivity contribution is -0.0300. The lowest BCUT2D eigenvalue weighted by atomic mass is 10.1. The normalized spacial score (nSPS) is 19.2. The molecule has 0 aliphatic carbocycles. The van der Waals surface area contributed by atoms with Gasteiger partial charge in [-0.1, -0.05) is 15.9 Å². The van der Waals surface area contributed by atoms with E-state index >= 15 is 0 Å². The fourth-order valence-electron chi connectivity index (χ4n) is 2.04. The lowest BCUT2D eigenvalue weighted by Gasteiger charge is -2.22. The second-order valence-electron chi connectivity index (χ2n) is 4.81. The number of carbonyl (C=O) groups excluding carboxylic acids is 1. The van der Waals surface area contributed by atoms with Crippen LogP contribution in [-0.2, 0) is 19.5 Å². The number of rotatable bonds is 4. The van der Waals surface area contributed by atoms with Crippen LogP contribution in [0.25, 0.3) is 0 Å². The highest BCUT2D eigenvalue weighted by Gasteiger charge is 2.18. The summed E-state index contributed by atoms with van der Waals surface area (Å²) in [5, 5.41) is 5.06. The number of hydrogen-bond acceptors (Lipinski definition) is 5. The first-order valence-corrected chi connectivity index (χ1v) is 8.82. The molecule has 8 heteroatoms. The van der Waals surface area contributed by atoms with Gasteiger partial charge in [-0.3, -0.25) is 0 Å². The predicted octanol–water partition coefficient (Wildman–Crippen LogP) is 1.82. The summed E-state index contributed by atoms with van der Waals surface area (Å²) < 4.78 is 33.8. The number of esters is 1. The van der Waals surface area contributed by atoms with Crippen molar-refractivity contribution in [2.24, 2.45) is 5.14 Å². The quantitative estimate of drug-likeness (QED) is 0.807. The highest BCUT2D eigenvalue weighted by atomic mass is 79.9. The fraction of sp³-hybridized carbons (Fsp3) is 0.462. The highest BCUT2D eigenvalue weighted by molar-refractivity contribution is 9.10. The molecular formula is C13H16BrNO5S. The van der Waals surface area contributed by atoms with E-state index in [1.54, 1.807) is 0 Å². The molecule has 2 rings (SSSR count). The van der Waals surface area contributed by atoms with Gasteiger partial charge in [-0.25, -0.2) is 18.4 Å². The van der Waals surface area contributed by atoms with E-state index in [1.165, 1.54) is 18.2 Å². The topological polar surface area (TPSA) is 95.7 Å². The Morgan fingerprint density at radius 2 is 2.14 bits per heavy atom. The minimum absolute atomic E-state index is 0.0902. The molecule has 0 saturated carbocycles. The molecule has 0 radical (unpaired) electrons. The Bertz CT molecular complexity index is 625. The molecule has 1 unspecified atom stereocenters. The summed E-state index contributed by atoms with van der Waals surface area (Å²) >= 11 is 3.15. The van der Waals surface area contributed by atoms with Gasteiger partial charge in [-0.05, 0) is 37.5 Å². The Hall–Kier alpha value is -0.960. The summed E-state index contributed by atoms with van der Waals surface area (Å²) in [6, 6.07) is 4.01. The molecule has 2 N–H and O–H groups in total. The van der Waals surface area contributed by atoms with E-state index in [1.807, 2.05) is 0 Å². The monoisotopic (exact) mass is 377 g/mol. The molecule has 1 atom stereocenters. The van der Waals surface area contributed by atoms with E-state index in [0.29, 0.717) is 11.1 Å². The number of sulfonamides is 1. The molecule has 1 aromatic rings. The molecule has 0 aromatic heterocycles. The maximum Gasteiger partial charge on any atom is 0.338 e. The molecule has 1 heterocycles. The van der Waals surface area contributed by atoms with Gasteiger partial charge in [0.2, 0.25) is 10.0 Å². The molecule has 21 heavy (non-hydrogen) atoms. The van der Waals surface area contributed by atoms with Crippen molar-refractivity contribution in [1.82, 2.24) is 0 Å². The molecule has 1 aliphatic rings. The average molecular weight is 378 g/mol. The van der Waals surface area contributed by atoms with E-state index in [9.17, 15) is 13.2 Å². The Kier molecular flexibility index (Phi) is 5.37. The number of benzene rings is 1. The third-order valence-electron chi connectivity index (χ3n) is 3.11. The standard InChI is InChI=1S/C13H16BrNO5S/c14-10-5-9(6-12(7-10)21(15,17)18)13(16)20-8-11-3-1-2-4-19-11/h5-7,11H,1-4,8H2,(H2,15,17,18). The molecule has 6 nitrogen and oxygen atoms in total. The van der Waals surface area contributed by atoms with Crippen LogP contribution in [0.2, 0.25) is 0 Å². The molecule has 0 amide bonds. The van der Waals surface area contributed by atoms with Crippen LogP contribution in [0.3, 0.4) is 0 Å².